The molecule has 0 spiro atoms. The van der Waals surface area contributed by atoms with Crippen LogP contribution in [0.2, 0.25) is 0 Å². The number of rotatable bonds is 7. The molecule has 1 heterocycles. The van der Waals surface area contributed by atoms with Crippen LogP contribution in [0.4, 0.5) is 5.69 Å². The lowest BCUT2D eigenvalue weighted by atomic mass is 9.96. The van der Waals surface area contributed by atoms with Gasteiger partial charge in [-0.05, 0) is 24.0 Å². The number of hydrogen-bond donors (Lipinski definition) is 0. The smallest absolute Gasteiger partial charge is 0.311 e. The second-order valence-corrected chi connectivity index (χ2v) is 7.17. The van der Waals surface area contributed by atoms with Crippen LogP contribution < -0.4 is 4.90 Å². The molecule has 2 atom stereocenters. The van der Waals surface area contributed by atoms with E-state index in [0.29, 0.717) is 11.5 Å². The van der Waals surface area contributed by atoms with Crippen molar-refractivity contribution in [1.82, 2.24) is 0 Å². The van der Waals surface area contributed by atoms with E-state index in [9.17, 15) is 14.4 Å². The first kappa shape index (κ1) is 19.8. The minimum atomic E-state index is -0.555. The molecule has 1 aliphatic heterocycles. The molecular formula is C23H25NO4. The van der Waals surface area contributed by atoms with Gasteiger partial charge in [0.15, 0.2) is 12.4 Å². The number of para-hydroxylation sites is 1. The van der Waals surface area contributed by atoms with Crippen LogP contribution in [0, 0.1) is 5.92 Å². The van der Waals surface area contributed by atoms with Crippen LogP contribution in [0.3, 0.4) is 0 Å². The Kier molecular flexibility index (Phi) is 6.24. The van der Waals surface area contributed by atoms with Crippen molar-refractivity contribution in [3.63, 3.8) is 0 Å². The van der Waals surface area contributed by atoms with Crippen molar-refractivity contribution < 1.29 is 19.1 Å². The summed E-state index contributed by atoms with van der Waals surface area (Å²) in [6.07, 6.45) is 1.07. The Morgan fingerprint density at radius 3 is 2.50 bits per heavy atom. The number of hydrogen-bond acceptors (Lipinski definition) is 4. The number of carbonyl (C=O) groups excluding carboxylic acids is 3. The molecular weight excluding hydrogens is 354 g/mol. The Balaban J connectivity index is 1.65. The lowest BCUT2D eigenvalue weighted by Crippen LogP contribution is -2.28. The topological polar surface area (TPSA) is 63.7 Å². The maximum atomic E-state index is 12.6. The summed E-state index contributed by atoms with van der Waals surface area (Å²) in [6.45, 7) is 4.21. The standard InChI is InChI=1S/C23H25NO4/c1-3-16(2)19-11-7-8-12-20(19)24-14-18(13-22(24)26)23(27)28-15-21(25)17-9-5-4-6-10-17/h4-12,16,18H,3,13-15H2,1-2H3/t16-,18+/m1/s1. The number of nitrogens with zero attached hydrogens (tertiary/aromatic N) is 1. The predicted octanol–water partition coefficient (Wildman–Crippen LogP) is 3.98. The van der Waals surface area contributed by atoms with Crippen molar-refractivity contribution >= 4 is 23.3 Å². The molecule has 2 aromatic carbocycles. The van der Waals surface area contributed by atoms with Crippen LogP contribution in [-0.4, -0.2) is 30.8 Å². The van der Waals surface area contributed by atoms with Gasteiger partial charge in [-0.2, -0.15) is 0 Å². The SMILES string of the molecule is CC[C@@H](C)c1ccccc1N1C[C@@H](C(=O)OCC(=O)c2ccccc2)CC1=O. The lowest BCUT2D eigenvalue weighted by Gasteiger charge is -2.23. The molecule has 146 valence electrons. The number of amides is 1. The minimum absolute atomic E-state index is 0.0907. The van der Waals surface area contributed by atoms with Crippen molar-refractivity contribution in [3.8, 4) is 0 Å². The average Bonchev–Trinajstić information content (AvgIpc) is 3.13. The number of anilines is 1. The third-order valence-corrected chi connectivity index (χ3v) is 5.27. The lowest BCUT2D eigenvalue weighted by molar-refractivity contribution is -0.147. The maximum absolute atomic E-state index is 12.6. The van der Waals surface area contributed by atoms with Gasteiger partial charge < -0.3 is 9.64 Å². The molecule has 0 saturated carbocycles. The normalized spacial score (nSPS) is 17.4. The third kappa shape index (κ3) is 4.30. The zero-order valence-electron chi connectivity index (χ0n) is 16.3. The molecule has 0 N–H and O–H groups in total. The first-order valence-corrected chi connectivity index (χ1v) is 9.65. The molecule has 0 aromatic heterocycles. The highest BCUT2D eigenvalue weighted by molar-refractivity contribution is 6.01. The van der Waals surface area contributed by atoms with Gasteiger partial charge in [0.2, 0.25) is 5.91 Å². The van der Waals surface area contributed by atoms with Crippen LogP contribution in [0.5, 0.6) is 0 Å². The van der Waals surface area contributed by atoms with Gasteiger partial charge in [-0.3, -0.25) is 14.4 Å². The molecule has 2 aromatic rings. The minimum Gasteiger partial charge on any atom is -0.457 e. The van der Waals surface area contributed by atoms with Crippen molar-refractivity contribution in [1.29, 1.82) is 0 Å². The van der Waals surface area contributed by atoms with E-state index in [-0.39, 0.29) is 31.3 Å². The largest absolute Gasteiger partial charge is 0.457 e. The van der Waals surface area contributed by atoms with Crippen LogP contribution in [0.25, 0.3) is 0 Å². The molecule has 28 heavy (non-hydrogen) atoms. The van der Waals surface area contributed by atoms with Crippen molar-refractivity contribution in [2.45, 2.75) is 32.6 Å². The van der Waals surface area contributed by atoms with Crippen LogP contribution in [0.1, 0.15) is 48.5 Å². The molecule has 5 nitrogen and oxygen atoms in total. The van der Waals surface area contributed by atoms with E-state index in [1.54, 1.807) is 29.2 Å². The molecule has 0 radical (unpaired) electrons. The van der Waals surface area contributed by atoms with E-state index >= 15 is 0 Å². The molecule has 0 unspecified atom stereocenters. The Bertz CT molecular complexity index is 862. The quantitative estimate of drug-likeness (QED) is 0.539. The van der Waals surface area contributed by atoms with E-state index in [1.807, 2.05) is 30.3 Å². The number of ether oxygens (including phenoxy) is 1. The predicted molar refractivity (Wildman–Crippen MR) is 107 cm³/mol. The van der Waals surface area contributed by atoms with Crippen molar-refractivity contribution in [3.05, 3.63) is 65.7 Å². The monoisotopic (exact) mass is 379 g/mol. The summed E-state index contributed by atoms with van der Waals surface area (Å²) in [6, 6.07) is 16.5. The second kappa shape index (κ2) is 8.83. The molecule has 1 saturated heterocycles. The van der Waals surface area contributed by atoms with Gasteiger partial charge in [0, 0.05) is 24.2 Å². The van der Waals surface area contributed by atoms with Crippen LogP contribution >= 0.6 is 0 Å². The van der Waals surface area contributed by atoms with E-state index < -0.39 is 11.9 Å². The average molecular weight is 379 g/mol. The summed E-state index contributed by atoms with van der Waals surface area (Å²) in [5.41, 5.74) is 2.46. The zero-order chi connectivity index (χ0) is 20.1. The molecule has 1 aliphatic rings. The summed E-state index contributed by atoms with van der Waals surface area (Å²) < 4.78 is 5.21. The Morgan fingerprint density at radius 1 is 1.11 bits per heavy atom. The van der Waals surface area contributed by atoms with Gasteiger partial charge >= 0.3 is 5.97 Å². The number of benzene rings is 2. The van der Waals surface area contributed by atoms with Crippen molar-refractivity contribution in [2.24, 2.45) is 5.92 Å². The van der Waals surface area contributed by atoms with Crippen LogP contribution in [0.15, 0.2) is 54.6 Å². The molecule has 1 fully saturated rings. The number of Topliss-reactive ketones (excluding diaryl/α,β-unsaturated/α-hetero) is 1. The molecule has 3 rings (SSSR count). The molecule has 1 amide bonds. The fourth-order valence-electron chi connectivity index (χ4n) is 3.43. The molecule has 5 heteroatoms. The van der Waals surface area contributed by atoms with E-state index in [0.717, 1.165) is 17.7 Å². The molecule has 0 aliphatic carbocycles. The fraction of sp³-hybridized carbons (Fsp3) is 0.348. The van der Waals surface area contributed by atoms with Gasteiger partial charge in [-0.15, -0.1) is 0 Å². The first-order chi connectivity index (χ1) is 13.5. The Hall–Kier alpha value is -2.95. The van der Waals surface area contributed by atoms with Crippen LogP contribution in [-0.2, 0) is 14.3 Å². The van der Waals surface area contributed by atoms with E-state index in [4.69, 9.17) is 4.74 Å². The van der Waals surface area contributed by atoms with E-state index in [1.165, 1.54) is 0 Å². The number of ketones is 1. The first-order valence-electron chi connectivity index (χ1n) is 9.65. The fourth-order valence-corrected chi connectivity index (χ4v) is 3.43. The zero-order valence-corrected chi connectivity index (χ0v) is 16.3. The van der Waals surface area contributed by atoms with Gasteiger partial charge in [-0.25, -0.2) is 0 Å². The van der Waals surface area contributed by atoms with Gasteiger partial charge in [-0.1, -0.05) is 62.4 Å². The molecule has 0 bridgehead atoms. The Labute approximate surface area is 165 Å². The highest BCUT2D eigenvalue weighted by atomic mass is 16.5. The summed E-state index contributed by atoms with van der Waals surface area (Å²) in [5.74, 6) is -1.08. The van der Waals surface area contributed by atoms with Gasteiger partial charge in [0.25, 0.3) is 0 Å². The van der Waals surface area contributed by atoms with Crippen molar-refractivity contribution in [2.75, 3.05) is 18.1 Å². The van der Waals surface area contributed by atoms with E-state index in [2.05, 4.69) is 13.8 Å². The highest BCUT2D eigenvalue weighted by Gasteiger charge is 2.37. The highest BCUT2D eigenvalue weighted by Crippen LogP contribution is 2.33. The summed E-state index contributed by atoms with van der Waals surface area (Å²) in [4.78, 5) is 38.8. The summed E-state index contributed by atoms with van der Waals surface area (Å²) in [5, 5.41) is 0. The summed E-state index contributed by atoms with van der Waals surface area (Å²) in [7, 11) is 0. The van der Waals surface area contributed by atoms with Gasteiger partial charge in [0.1, 0.15) is 0 Å². The third-order valence-electron chi connectivity index (χ3n) is 5.27. The Morgan fingerprint density at radius 2 is 1.79 bits per heavy atom. The second-order valence-electron chi connectivity index (χ2n) is 7.17. The summed E-state index contributed by atoms with van der Waals surface area (Å²) >= 11 is 0. The number of carbonyl (C=O) groups is 3. The number of esters is 1. The maximum Gasteiger partial charge on any atom is 0.311 e. The van der Waals surface area contributed by atoms with Gasteiger partial charge in [0.05, 0.1) is 5.92 Å².